The van der Waals surface area contributed by atoms with Crippen LogP contribution in [0.2, 0.25) is 0 Å². The van der Waals surface area contributed by atoms with Gasteiger partial charge in [-0.3, -0.25) is 9.59 Å². The molecule has 0 aromatic heterocycles. The molecule has 4 nitrogen and oxygen atoms in total. The second-order valence-electron chi connectivity index (χ2n) is 4.82. The van der Waals surface area contributed by atoms with Crippen molar-refractivity contribution in [2.45, 2.75) is 6.04 Å². The Morgan fingerprint density at radius 2 is 1.71 bits per heavy atom. The van der Waals surface area contributed by atoms with Crippen LogP contribution in [0.25, 0.3) is 0 Å². The molecule has 1 unspecified atom stereocenters. The van der Waals surface area contributed by atoms with Crippen LogP contribution >= 0.6 is 15.9 Å². The predicted molar refractivity (Wildman–Crippen MR) is 84.7 cm³/mol. The van der Waals surface area contributed by atoms with Crippen molar-refractivity contribution in [1.29, 1.82) is 0 Å². The Balaban J connectivity index is 2.33. The van der Waals surface area contributed by atoms with E-state index in [0.717, 1.165) is 24.3 Å². The van der Waals surface area contributed by atoms with E-state index in [1.807, 2.05) is 0 Å². The number of carbonyl (C=O) groups is 2. The monoisotopic (exact) mass is 400 g/mol. The van der Waals surface area contributed by atoms with E-state index in [1.165, 1.54) is 19.2 Å². The van der Waals surface area contributed by atoms with Crippen molar-refractivity contribution in [3.63, 3.8) is 0 Å². The van der Waals surface area contributed by atoms with Crippen molar-refractivity contribution in [1.82, 2.24) is 10.6 Å². The summed E-state index contributed by atoms with van der Waals surface area (Å²) in [6.07, 6.45) is 0. The quantitative estimate of drug-likeness (QED) is 0.828. The number of hydrogen-bond acceptors (Lipinski definition) is 2. The molecular formula is C16H12BrF3N2O2. The fourth-order valence-corrected chi connectivity index (χ4v) is 2.35. The zero-order valence-corrected chi connectivity index (χ0v) is 14.0. The van der Waals surface area contributed by atoms with Crippen molar-refractivity contribution >= 4 is 27.7 Å². The summed E-state index contributed by atoms with van der Waals surface area (Å²) in [5.41, 5.74) is -0.256. The minimum Gasteiger partial charge on any atom is -0.357 e. The minimum absolute atomic E-state index is 0.0270. The summed E-state index contributed by atoms with van der Waals surface area (Å²) in [6.45, 7) is 0. The Labute approximate surface area is 144 Å². The zero-order valence-electron chi connectivity index (χ0n) is 12.4. The average Bonchev–Trinajstić information content (AvgIpc) is 2.54. The van der Waals surface area contributed by atoms with Crippen LogP contribution in [0.5, 0.6) is 0 Å². The van der Waals surface area contributed by atoms with Gasteiger partial charge in [0.05, 0.1) is 5.56 Å². The molecule has 0 saturated carbocycles. The molecule has 2 rings (SSSR count). The van der Waals surface area contributed by atoms with Crippen LogP contribution in [0.3, 0.4) is 0 Å². The average molecular weight is 401 g/mol. The van der Waals surface area contributed by atoms with E-state index >= 15 is 0 Å². The molecule has 0 heterocycles. The highest BCUT2D eigenvalue weighted by atomic mass is 79.9. The number of benzene rings is 2. The summed E-state index contributed by atoms with van der Waals surface area (Å²) >= 11 is 3.07. The molecule has 126 valence electrons. The lowest BCUT2D eigenvalue weighted by atomic mass is 10.0. The maximum atomic E-state index is 13.9. The molecule has 24 heavy (non-hydrogen) atoms. The minimum atomic E-state index is -1.30. The molecule has 0 aliphatic carbocycles. The highest BCUT2D eigenvalue weighted by Gasteiger charge is 2.24. The molecule has 2 aromatic carbocycles. The van der Waals surface area contributed by atoms with Gasteiger partial charge in [0.1, 0.15) is 11.9 Å². The summed E-state index contributed by atoms with van der Waals surface area (Å²) in [6, 6.07) is 5.30. The van der Waals surface area contributed by atoms with E-state index in [9.17, 15) is 22.8 Å². The molecule has 0 radical (unpaired) electrons. The van der Waals surface area contributed by atoms with E-state index in [-0.39, 0.29) is 11.1 Å². The highest BCUT2D eigenvalue weighted by molar-refractivity contribution is 9.10. The van der Waals surface area contributed by atoms with Crippen molar-refractivity contribution in [3.8, 4) is 0 Å². The number of nitrogens with one attached hydrogen (secondary N) is 2. The number of carbonyl (C=O) groups excluding carboxylic acids is 2. The fraction of sp³-hybridized carbons (Fsp3) is 0.125. The lowest BCUT2D eigenvalue weighted by Crippen LogP contribution is -2.39. The SMILES string of the molecule is CNC(=O)C(NC(=O)c1ccc(Br)cc1F)c1ccc(F)c(F)c1. The van der Waals surface area contributed by atoms with Gasteiger partial charge in [-0.1, -0.05) is 22.0 Å². The van der Waals surface area contributed by atoms with Crippen LogP contribution in [-0.4, -0.2) is 18.9 Å². The van der Waals surface area contributed by atoms with Crippen LogP contribution in [0.4, 0.5) is 13.2 Å². The van der Waals surface area contributed by atoms with Gasteiger partial charge >= 0.3 is 0 Å². The van der Waals surface area contributed by atoms with Gasteiger partial charge in [0.2, 0.25) is 5.91 Å². The molecule has 0 fully saturated rings. The summed E-state index contributed by atoms with van der Waals surface area (Å²) in [5.74, 6) is -4.56. The topological polar surface area (TPSA) is 58.2 Å². The predicted octanol–water partition coefficient (Wildman–Crippen LogP) is 3.08. The first-order chi connectivity index (χ1) is 11.3. The third-order valence-corrected chi connectivity index (χ3v) is 3.73. The van der Waals surface area contributed by atoms with Gasteiger partial charge in [0.25, 0.3) is 5.91 Å². The third-order valence-electron chi connectivity index (χ3n) is 3.24. The fourth-order valence-electron chi connectivity index (χ4n) is 2.02. The maximum Gasteiger partial charge on any atom is 0.255 e. The number of halogens is 4. The number of amides is 2. The Hall–Kier alpha value is -2.35. The van der Waals surface area contributed by atoms with Gasteiger partial charge in [-0.05, 0) is 35.9 Å². The van der Waals surface area contributed by atoms with Crippen LogP contribution in [0.15, 0.2) is 40.9 Å². The van der Waals surface area contributed by atoms with E-state index in [2.05, 4.69) is 26.6 Å². The second-order valence-corrected chi connectivity index (χ2v) is 5.73. The molecule has 0 saturated heterocycles. The molecule has 1 atom stereocenters. The first-order valence-corrected chi connectivity index (χ1v) is 7.55. The van der Waals surface area contributed by atoms with Crippen molar-refractivity contribution in [2.24, 2.45) is 0 Å². The molecule has 2 aromatic rings. The van der Waals surface area contributed by atoms with E-state index in [4.69, 9.17) is 0 Å². The van der Waals surface area contributed by atoms with Crippen molar-refractivity contribution in [2.75, 3.05) is 7.05 Å². The summed E-state index contributed by atoms with van der Waals surface area (Å²) in [4.78, 5) is 24.2. The first kappa shape index (κ1) is 18.0. The summed E-state index contributed by atoms with van der Waals surface area (Å²) in [7, 11) is 1.32. The highest BCUT2D eigenvalue weighted by Crippen LogP contribution is 2.19. The maximum absolute atomic E-state index is 13.9. The van der Waals surface area contributed by atoms with Crippen LogP contribution in [0.1, 0.15) is 22.0 Å². The summed E-state index contributed by atoms with van der Waals surface area (Å²) < 4.78 is 40.7. The van der Waals surface area contributed by atoms with E-state index in [0.29, 0.717) is 4.47 Å². The molecule has 0 spiro atoms. The van der Waals surface area contributed by atoms with Crippen LogP contribution in [-0.2, 0) is 4.79 Å². The number of rotatable bonds is 4. The van der Waals surface area contributed by atoms with E-state index < -0.39 is 35.3 Å². The number of likely N-dealkylation sites (N-methyl/N-ethyl adjacent to an activating group) is 1. The summed E-state index contributed by atoms with van der Waals surface area (Å²) in [5, 5.41) is 4.62. The van der Waals surface area contributed by atoms with Crippen LogP contribution in [0, 0.1) is 17.5 Å². The van der Waals surface area contributed by atoms with Gasteiger partial charge in [-0.15, -0.1) is 0 Å². The molecule has 2 N–H and O–H groups in total. The molecule has 0 aliphatic rings. The number of hydrogen-bond donors (Lipinski definition) is 2. The van der Waals surface area contributed by atoms with Crippen LogP contribution < -0.4 is 10.6 Å². The molecule has 2 amide bonds. The largest absolute Gasteiger partial charge is 0.357 e. The zero-order chi connectivity index (χ0) is 17.9. The Morgan fingerprint density at radius 3 is 2.29 bits per heavy atom. The van der Waals surface area contributed by atoms with Gasteiger partial charge in [-0.2, -0.15) is 0 Å². The molecular weight excluding hydrogens is 389 g/mol. The third kappa shape index (κ3) is 3.94. The molecule has 8 heteroatoms. The smallest absolute Gasteiger partial charge is 0.255 e. The normalized spacial score (nSPS) is 11.7. The van der Waals surface area contributed by atoms with Gasteiger partial charge < -0.3 is 10.6 Å². The van der Waals surface area contributed by atoms with Crippen molar-refractivity contribution < 1.29 is 22.8 Å². The molecule has 0 aliphatic heterocycles. The van der Waals surface area contributed by atoms with E-state index in [1.54, 1.807) is 0 Å². The Morgan fingerprint density at radius 1 is 1.00 bits per heavy atom. The molecule has 0 bridgehead atoms. The first-order valence-electron chi connectivity index (χ1n) is 6.76. The standard InChI is InChI=1S/C16H12BrF3N2O2/c1-21-16(24)14(8-2-5-11(18)13(20)6-8)22-15(23)10-4-3-9(17)7-12(10)19/h2-7,14H,1H3,(H,21,24)(H,22,23). The second kappa shape index (κ2) is 7.48. The van der Waals surface area contributed by atoms with Gasteiger partial charge in [0, 0.05) is 11.5 Å². The van der Waals surface area contributed by atoms with Gasteiger partial charge in [0.15, 0.2) is 11.6 Å². The lowest BCUT2D eigenvalue weighted by molar-refractivity contribution is -0.122. The Kier molecular flexibility index (Phi) is 5.61. The lowest BCUT2D eigenvalue weighted by Gasteiger charge is -2.18. The van der Waals surface area contributed by atoms with Gasteiger partial charge in [-0.25, -0.2) is 13.2 Å². The Bertz CT molecular complexity index is 799. The van der Waals surface area contributed by atoms with Crippen molar-refractivity contribution in [3.05, 3.63) is 69.4 Å².